The summed E-state index contributed by atoms with van der Waals surface area (Å²) in [5.74, 6) is 0.420. The molecule has 0 aromatic carbocycles. The van der Waals surface area contributed by atoms with Gasteiger partial charge in [-0.25, -0.2) is 0 Å². The zero-order chi connectivity index (χ0) is 8.88. The molecule has 2 radical (unpaired) electrons. The number of ketones is 1. The van der Waals surface area contributed by atoms with E-state index in [4.69, 9.17) is 7.85 Å². The highest BCUT2D eigenvalue weighted by atomic mass is 32.1. The molecule has 0 amide bonds. The van der Waals surface area contributed by atoms with Crippen LogP contribution in [0.25, 0.3) is 0 Å². The van der Waals surface area contributed by atoms with Gasteiger partial charge >= 0.3 is 0 Å². The number of aryl methyl sites for hydroxylation is 1. The fourth-order valence-corrected chi connectivity index (χ4v) is 2.79. The molecule has 0 saturated heterocycles. The lowest BCUT2D eigenvalue weighted by Crippen LogP contribution is -2.09. The second kappa shape index (κ2) is 2.46. The topological polar surface area (TPSA) is 17.1 Å². The summed E-state index contributed by atoms with van der Waals surface area (Å²) in [4.78, 5) is 13.5. The third kappa shape index (κ3) is 0.892. The van der Waals surface area contributed by atoms with E-state index in [2.05, 4.69) is 0 Å². The van der Waals surface area contributed by atoms with Crippen molar-refractivity contribution in [3.05, 3.63) is 15.3 Å². The fraction of sp³-hybridized carbons (Fsp3) is 0.444. The van der Waals surface area contributed by atoms with Gasteiger partial charge in [0.2, 0.25) is 0 Å². The van der Waals surface area contributed by atoms with E-state index in [9.17, 15) is 4.79 Å². The van der Waals surface area contributed by atoms with Crippen LogP contribution in [0, 0.1) is 12.8 Å². The van der Waals surface area contributed by atoms with E-state index in [1.54, 1.807) is 11.3 Å². The van der Waals surface area contributed by atoms with Crippen LogP contribution in [0.5, 0.6) is 0 Å². The highest BCUT2D eigenvalue weighted by molar-refractivity contribution is 7.15. The van der Waals surface area contributed by atoms with E-state index < -0.39 is 0 Å². The van der Waals surface area contributed by atoms with Crippen molar-refractivity contribution in [2.45, 2.75) is 20.3 Å². The summed E-state index contributed by atoms with van der Waals surface area (Å²) >= 11 is 1.54. The van der Waals surface area contributed by atoms with Crippen LogP contribution in [0.2, 0.25) is 0 Å². The predicted octanol–water partition coefficient (Wildman–Crippen LogP) is 1.23. The molecule has 3 heteroatoms. The Morgan fingerprint density at radius 3 is 2.83 bits per heavy atom. The molecule has 0 saturated carbocycles. The predicted molar refractivity (Wildman–Crippen MR) is 51.6 cm³/mol. The smallest absolute Gasteiger partial charge is 0.176 e. The Morgan fingerprint density at radius 1 is 1.58 bits per heavy atom. The van der Waals surface area contributed by atoms with Gasteiger partial charge in [-0.05, 0) is 23.8 Å². The summed E-state index contributed by atoms with van der Waals surface area (Å²) in [7, 11) is 5.84. The first-order valence-corrected chi connectivity index (χ1v) is 4.85. The van der Waals surface area contributed by atoms with Gasteiger partial charge in [0.25, 0.3) is 0 Å². The lowest BCUT2D eigenvalue weighted by Gasteiger charge is -1.98. The van der Waals surface area contributed by atoms with Crippen molar-refractivity contribution < 1.29 is 4.79 Å². The van der Waals surface area contributed by atoms with Crippen molar-refractivity contribution in [1.29, 1.82) is 0 Å². The van der Waals surface area contributed by atoms with Gasteiger partial charge in [-0.1, -0.05) is 12.4 Å². The maximum absolute atomic E-state index is 11.5. The van der Waals surface area contributed by atoms with Gasteiger partial charge in [0, 0.05) is 5.92 Å². The van der Waals surface area contributed by atoms with Gasteiger partial charge in [0.1, 0.15) is 7.85 Å². The summed E-state index contributed by atoms with van der Waals surface area (Å²) in [6.07, 6.45) is 0.838. The van der Waals surface area contributed by atoms with E-state index in [1.807, 2.05) is 13.8 Å². The molecule has 12 heavy (non-hydrogen) atoms. The Bertz CT molecular complexity index is 354. The molecule has 1 aliphatic carbocycles. The Morgan fingerprint density at radius 2 is 2.25 bits per heavy atom. The molecule has 2 rings (SSSR count). The molecule has 0 N–H and O–H groups in total. The Kier molecular flexibility index (Phi) is 1.65. The number of thiophene rings is 1. The standard InChI is InChI=1S/C9H9BOS/c1-4-3-6-7(10)5(2)12-9(6)8(4)11/h4H,3H2,1-2H3. The number of hydrogen-bond acceptors (Lipinski definition) is 2. The number of carbonyl (C=O) groups excluding carboxylic acids is 1. The zero-order valence-corrected chi connectivity index (χ0v) is 7.99. The summed E-state index contributed by atoms with van der Waals surface area (Å²) in [6.45, 7) is 3.93. The van der Waals surface area contributed by atoms with Crippen molar-refractivity contribution in [1.82, 2.24) is 0 Å². The van der Waals surface area contributed by atoms with Crippen molar-refractivity contribution in [2.75, 3.05) is 0 Å². The van der Waals surface area contributed by atoms with Crippen LogP contribution in [0.3, 0.4) is 0 Å². The van der Waals surface area contributed by atoms with E-state index in [0.29, 0.717) is 0 Å². The van der Waals surface area contributed by atoms with Crippen LogP contribution in [0.15, 0.2) is 0 Å². The summed E-state index contributed by atoms with van der Waals surface area (Å²) in [6, 6.07) is 0. The molecule has 0 fully saturated rings. The minimum absolute atomic E-state index is 0.147. The molecule has 60 valence electrons. The Balaban J connectivity index is 2.59. The van der Waals surface area contributed by atoms with Gasteiger partial charge in [-0.15, -0.1) is 11.3 Å². The maximum Gasteiger partial charge on any atom is 0.176 e. The highest BCUT2D eigenvalue weighted by Gasteiger charge is 2.30. The molecule has 1 heterocycles. The summed E-state index contributed by atoms with van der Waals surface area (Å²) in [5.41, 5.74) is 1.93. The fourth-order valence-electron chi connectivity index (χ4n) is 1.63. The number of Topliss-reactive ketones (excluding diaryl/α,β-unsaturated/α-hetero) is 1. The quantitative estimate of drug-likeness (QED) is 0.543. The van der Waals surface area contributed by atoms with Gasteiger partial charge in [-0.2, -0.15) is 0 Å². The van der Waals surface area contributed by atoms with Crippen molar-refractivity contribution >= 4 is 30.4 Å². The molecule has 1 aliphatic rings. The van der Waals surface area contributed by atoms with Crippen molar-refractivity contribution in [3.63, 3.8) is 0 Å². The van der Waals surface area contributed by atoms with Crippen molar-refractivity contribution in [3.8, 4) is 0 Å². The molecule has 1 aromatic heterocycles. The van der Waals surface area contributed by atoms with Gasteiger partial charge in [0.15, 0.2) is 5.78 Å². The molecule has 1 unspecified atom stereocenters. The number of rotatable bonds is 0. The second-order valence-electron chi connectivity index (χ2n) is 3.35. The van der Waals surface area contributed by atoms with Crippen LogP contribution in [-0.4, -0.2) is 13.6 Å². The first kappa shape index (κ1) is 8.05. The van der Waals surface area contributed by atoms with Gasteiger partial charge < -0.3 is 0 Å². The minimum atomic E-state index is 0.147. The number of hydrogen-bond donors (Lipinski definition) is 0. The number of carbonyl (C=O) groups is 1. The van der Waals surface area contributed by atoms with Crippen LogP contribution in [-0.2, 0) is 6.42 Å². The van der Waals surface area contributed by atoms with E-state index in [1.165, 1.54) is 0 Å². The molecule has 0 spiro atoms. The summed E-state index contributed by atoms with van der Waals surface area (Å²) < 4.78 is 0. The highest BCUT2D eigenvalue weighted by Crippen LogP contribution is 2.31. The zero-order valence-electron chi connectivity index (χ0n) is 7.18. The average molecular weight is 176 g/mol. The van der Waals surface area contributed by atoms with Crippen molar-refractivity contribution in [2.24, 2.45) is 5.92 Å². The molecular weight excluding hydrogens is 167 g/mol. The third-order valence-corrected chi connectivity index (χ3v) is 3.59. The largest absolute Gasteiger partial charge is 0.293 e. The lowest BCUT2D eigenvalue weighted by molar-refractivity contribution is 0.0949. The molecule has 1 atom stereocenters. The Hall–Kier alpha value is -0.565. The second-order valence-corrected chi connectivity index (χ2v) is 4.57. The average Bonchev–Trinajstić information content (AvgIpc) is 2.43. The van der Waals surface area contributed by atoms with Crippen LogP contribution in [0.1, 0.15) is 27.0 Å². The van der Waals surface area contributed by atoms with Gasteiger partial charge in [0.05, 0.1) is 4.88 Å². The van der Waals surface area contributed by atoms with Crippen LogP contribution in [0.4, 0.5) is 0 Å². The Labute approximate surface area is 77.2 Å². The molecule has 0 bridgehead atoms. The van der Waals surface area contributed by atoms with Crippen LogP contribution < -0.4 is 5.46 Å². The third-order valence-electron chi connectivity index (χ3n) is 2.42. The normalized spacial score (nSPS) is 21.5. The molecular formula is C9H9BOS. The van der Waals surface area contributed by atoms with Gasteiger partial charge in [-0.3, -0.25) is 4.79 Å². The molecule has 1 nitrogen and oxygen atoms in total. The minimum Gasteiger partial charge on any atom is -0.293 e. The molecule has 1 aromatic rings. The van der Waals surface area contributed by atoms with E-state index >= 15 is 0 Å². The van der Waals surface area contributed by atoms with E-state index in [0.717, 1.165) is 27.2 Å². The first-order valence-electron chi connectivity index (χ1n) is 4.03. The lowest BCUT2D eigenvalue weighted by atomic mass is 9.91. The summed E-state index contributed by atoms with van der Waals surface area (Å²) in [5, 5.41) is 0. The first-order chi connectivity index (χ1) is 5.61. The SMILES string of the molecule is [B]c1c(C)sc2c1CC(C)C2=O. The van der Waals surface area contributed by atoms with Crippen LogP contribution >= 0.6 is 11.3 Å². The monoisotopic (exact) mass is 176 g/mol. The molecule has 0 aliphatic heterocycles. The maximum atomic E-state index is 11.5. The number of fused-ring (bicyclic) bond motifs is 1. The van der Waals surface area contributed by atoms with E-state index in [-0.39, 0.29) is 11.7 Å².